The van der Waals surface area contributed by atoms with Crippen molar-refractivity contribution >= 4 is 18.2 Å². The molecule has 0 aliphatic heterocycles. The first-order chi connectivity index (χ1) is 7.22. The molecule has 0 fully saturated rings. The molecule has 1 heteroatoms. The summed E-state index contributed by atoms with van der Waals surface area (Å²) in [4.78, 5) is 3.19. The first-order valence-corrected chi connectivity index (χ1v) is 4.69. The molecule has 0 aliphatic carbocycles. The van der Waals surface area contributed by atoms with Crippen molar-refractivity contribution in [2.24, 2.45) is 0 Å². The predicted octanol–water partition coefficient (Wildman–Crippen LogP) is 2.15. The molecule has 1 rings (SSSR count). The van der Waals surface area contributed by atoms with E-state index in [4.69, 9.17) is 0 Å². The molecular weight excluding hydrogens is 182 g/mol. The molecule has 0 spiro atoms. The van der Waals surface area contributed by atoms with Crippen LogP contribution in [0.4, 0.5) is 0 Å². The SMILES string of the molecule is C=C/C=c1/cc(/C(C=C)=C/C=C)[nH]c1=C. The molecule has 1 nitrogen and oxygen atoms in total. The molecule has 76 valence electrons. The third-order valence-corrected chi connectivity index (χ3v) is 2.06. The van der Waals surface area contributed by atoms with Gasteiger partial charge in [0, 0.05) is 11.0 Å². The van der Waals surface area contributed by atoms with E-state index in [1.807, 2.05) is 18.2 Å². The van der Waals surface area contributed by atoms with Gasteiger partial charge in [0.25, 0.3) is 0 Å². The minimum absolute atomic E-state index is 0.877. The highest BCUT2D eigenvalue weighted by atomic mass is 14.7. The second-order valence-corrected chi connectivity index (χ2v) is 3.08. The Bertz CT molecular complexity index is 512. The highest BCUT2D eigenvalue weighted by Crippen LogP contribution is 2.09. The standard InChI is InChI=1S/C14H15N/c1-5-8-12(7-3)14-10-13(9-6-2)11(4)15-14/h5-10,15H,1-4H2/b12-8+,13-9-. The summed E-state index contributed by atoms with van der Waals surface area (Å²) >= 11 is 0. The Morgan fingerprint density at radius 2 is 1.93 bits per heavy atom. The van der Waals surface area contributed by atoms with E-state index in [2.05, 4.69) is 31.3 Å². The van der Waals surface area contributed by atoms with Crippen LogP contribution in [0.1, 0.15) is 5.69 Å². The Balaban J connectivity index is 3.35. The van der Waals surface area contributed by atoms with Crippen molar-refractivity contribution in [3.63, 3.8) is 0 Å². The summed E-state index contributed by atoms with van der Waals surface area (Å²) < 4.78 is 0. The van der Waals surface area contributed by atoms with Gasteiger partial charge in [-0.3, -0.25) is 0 Å². The summed E-state index contributed by atoms with van der Waals surface area (Å²) in [6.45, 7) is 15.0. The van der Waals surface area contributed by atoms with Crippen molar-refractivity contribution < 1.29 is 0 Å². The van der Waals surface area contributed by atoms with E-state index in [9.17, 15) is 0 Å². The lowest BCUT2D eigenvalue weighted by Crippen LogP contribution is -2.19. The molecule has 1 aromatic rings. The Kier molecular flexibility index (Phi) is 3.69. The molecule has 15 heavy (non-hydrogen) atoms. The molecular formula is C14H15N. The van der Waals surface area contributed by atoms with Crippen LogP contribution in [0.5, 0.6) is 0 Å². The molecule has 0 bridgehead atoms. The molecule has 0 saturated carbocycles. The number of aromatic amines is 1. The van der Waals surface area contributed by atoms with E-state index in [0.717, 1.165) is 21.8 Å². The van der Waals surface area contributed by atoms with E-state index in [1.54, 1.807) is 18.2 Å². The van der Waals surface area contributed by atoms with Crippen molar-refractivity contribution in [1.29, 1.82) is 0 Å². The lowest BCUT2D eigenvalue weighted by Gasteiger charge is -1.94. The minimum Gasteiger partial charge on any atom is -0.355 e. The Morgan fingerprint density at radius 1 is 1.20 bits per heavy atom. The number of aromatic nitrogens is 1. The van der Waals surface area contributed by atoms with Gasteiger partial charge in [0.15, 0.2) is 0 Å². The quantitative estimate of drug-likeness (QED) is 0.712. The molecule has 1 N–H and O–H groups in total. The van der Waals surface area contributed by atoms with E-state index < -0.39 is 0 Å². The third kappa shape index (κ3) is 2.47. The average Bonchev–Trinajstić information content (AvgIpc) is 2.57. The molecule has 0 aliphatic rings. The predicted molar refractivity (Wildman–Crippen MR) is 68.6 cm³/mol. The summed E-state index contributed by atoms with van der Waals surface area (Å²) in [6.07, 6.45) is 9.07. The second kappa shape index (κ2) is 5.01. The van der Waals surface area contributed by atoms with E-state index >= 15 is 0 Å². The van der Waals surface area contributed by atoms with Gasteiger partial charge in [-0.1, -0.05) is 56.7 Å². The van der Waals surface area contributed by atoms with Crippen LogP contribution in [0.25, 0.3) is 18.2 Å². The van der Waals surface area contributed by atoms with Gasteiger partial charge in [-0.05, 0) is 16.9 Å². The second-order valence-electron chi connectivity index (χ2n) is 3.08. The first kappa shape index (κ1) is 11.1. The van der Waals surface area contributed by atoms with Crippen LogP contribution in [0, 0.1) is 0 Å². The molecule has 0 radical (unpaired) electrons. The summed E-state index contributed by atoms with van der Waals surface area (Å²) in [5.41, 5.74) is 1.99. The zero-order chi connectivity index (χ0) is 11.3. The molecule has 0 unspecified atom stereocenters. The van der Waals surface area contributed by atoms with Crippen molar-refractivity contribution in [3.8, 4) is 0 Å². The number of H-pyrrole nitrogens is 1. The van der Waals surface area contributed by atoms with Gasteiger partial charge in [0.1, 0.15) is 0 Å². The van der Waals surface area contributed by atoms with E-state index in [0.29, 0.717) is 0 Å². The maximum atomic E-state index is 3.91. The average molecular weight is 197 g/mol. The summed E-state index contributed by atoms with van der Waals surface area (Å²) in [6, 6.07) is 2.01. The zero-order valence-corrected chi connectivity index (χ0v) is 8.79. The number of hydrogen-bond donors (Lipinski definition) is 1. The molecule has 0 atom stereocenters. The first-order valence-electron chi connectivity index (χ1n) is 4.69. The maximum Gasteiger partial charge on any atom is 0.0464 e. The molecule has 0 amide bonds. The van der Waals surface area contributed by atoms with Crippen molar-refractivity contribution in [2.45, 2.75) is 0 Å². The topological polar surface area (TPSA) is 15.8 Å². The van der Waals surface area contributed by atoms with Crippen LogP contribution < -0.4 is 10.6 Å². The van der Waals surface area contributed by atoms with Crippen LogP contribution in [-0.4, -0.2) is 4.98 Å². The van der Waals surface area contributed by atoms with Gasteiger partial charge in [-0.15, -0.1) is 0 Å². The van der Waals surface area contributed by atoms with Gasteiger partial charge in [-0.25, -0.2) is 0 Å². The lowest BCUT2D eigenvalue weighted by atomic mass is 10.1. The summed E-state index contributed by atoms with van der Waals surface area (Å²) in [5.74, 6) is 0. The number of rotatable bonds is 4. The fourth-order valence-corrected chi connectivity index (χ4v) is 1.34. The number of nitrogens with one attached hydrogen (secondary N) is 1. The van der Waals surface area contributed by atoms with Gasteiger partial charge >= 0.3 is 0 Å². The summed E-state index contributed by atoms with van der Waals surface area (Å²) in [7, 11) is 0. The fourth-order valence-electron chi connectivity index (χ4n) is 1.34. The van der Waals surface area contributed by atoms with Crippen LogP contribution in [0.15, 0.2) is 50.1 Å². The Labute approximate surface area is 90.2 Å². The van der Waals surface area contributed by atoms with Gasteiger partial charge in [-0.2, -0.15) is 0 Å². The smallest absolute Gasteiger partial charge is 0.0464 e. The molecule has 1 heterocycles. The van der Waals surface area contributed by atoms with Crippen LogP contribution in [-0.2, 0) is 0 Å². The van der Waals surface area contributed by atoms with Crippen molar-refractivity contribution in [2.75, 3.05) is 0 Å². The number of hydrogen-bond acceptors (Lipinski definition) is 0. The highest BCUT2D eigenvalue weighted by molar-refractivity contribution is 5.72. The number of allylic oxidation sites excluding steroid dienone is 5. The molecule has 1 aromatic heterocycles. The molecule has 0 saturated heterocycles. The Morgan fingerprint density at radius 3 is 2.47 bits per heavy atom. The van der Waals surface area contributed by atoms with Gasteiger partial charge in [0.2, 0.25) is 0 Å². The van der Waals surface area contributed by atoms with E-state index in [-0.39, 0.29) is 0 Å². The van der Waals surface area contributed by atoms with Crippen molar-refractivity contribution in [1.82, 2.24) is 4.98 Å². The maximum absolute atomic E-state index is 3.91. The minimum atomic E-state index is 0.877. The van der Waals surface area contributed by atoms with Crippen LogP contribution in [0.2, 0.25) is 0 Å². The molecule has 0 aromatic carbocycles. The van der Waals surface area contributed by atoms with Gasteiger partial charge in [0.05, 0.1) is 0 Å². The fraction of sp³-hybridized carbons (Fsp3) is 0. The van der Waals surface area contributed by atoms with Crippen LogP contribution >= 0.6 is 0 Å². The highest BCUT2D eigenvalue weighted by Gasteiger charge is 1.98. The van der Waals surface area contributed by atoms with Gasteiger partial charge < -0.3 is 4.98 Å². The third-order valence-electron chi connectivity index (χ3n) is 2.06. The Hall–Kier alpha value is -2.02. The zero-order valence-electron chi connectivity index (χ0n) is 8.79. The van der Waals surface area contributed by atoms with Crippen LogP contribution in [0.3, 0.4) is 0 Å². The lowest BCUT2D eigenvalue weighted by molar-refractivity contribution is 1.29. The normalized spacial score (nSPS) is 12.5. The largest absolute Gasteiger partial charge is 0.355 e. The monoisotopic (exact) mass is 197 g/mol. The summed E-state index contributed by atoms with van der Waals surface area (Å²) in [5, 5.41) is 1.92. The van der Waals surface area contributed by atoms with E-state index in [1.165, 1.54) is 0 Å². The van der Waals surface area contributed by atoms with Crippen molar-refractivity contribution in [3.05, 3.63) is 66.4 Å².